The molecule has 0 bridgehead atoms. The molecule has 0 saturated carbocycles. The van der Waals surface area contributed by atoms with E-state index in [1.54, 1.807) is 0 Å². The van der Waals surface area contributed by atoms with Crippen molar-refractivity contribution in [3.8, 4) is 0 Å². The van der Waals surface area contributed by atoms with Crippen molar-refractivity contribution in [1.82, 2.24) is 14.9 Å². The molecule has 1 aromatic rings. The molecule has 1 rings (SSSR count). The molecule has 3 nitrogen and oxygen atoms in total. The first-order valence-corrected chi connectivity index (χ1v) is 6.35. The standard InChI is InChI=1S/C13H25N3/c1-5-14-12(8-6-7-11(2)3)13-15-9-10-16(13)4/h9-12,14H,5-8H2,1-4H3. The van der Waals surface area contributed by atoms with E-state index in [0.717, 1.165) is 18.3 Å². The molecule has 0 saturated heterocycles. The molecule has 0 aromatic carbocycles. The van der Waals surface area contributed by atoms with Crippen LogP contribution in [0.4, 0.5) is 0 Å². The van der Waals surface area contributed by atoms with Crippen molar-refractivity contribution in [1.29, 1.82) is 0 Å². The maximum Gasteiger partial charge on any atom is 0.125 e. The highest BCUT2D eigenvalue weighted by Gasteiger charge is 2.14. The molecular weight excluding hydrogens is 198 g/mol. The van der Waals surface area contributed by atoms with Crippen LogP contribution in [0.1, 0.15) is 51.9 Å². The Bertz CT molecular complexity index is 291. The highest BCUT2D eigenvalue weighted by Crippen LogP contribution is 2.18. The quantitative estimate of drug-likeness (QED) is 0.770. The van der Waals surface area contributed by atoms with Crippen LogP contribution in [0.25, 0.3) is 0 Å². The van der Waals surface area contributed by atoms with Crippen molar-refractivity contribution in [3.63, 3.8) is 0 Å². The van der Waals surface area contributed by atoms with Crippen molar-refractivity contribution in [2.75, 3.05) is 6.54 Å². The second-order valence-electron chi connectivity index (χ2n) is 4.83. The molecule has 0 aliphatic carbocycles. The molecule has 0 fully saturated rings. The molecule has 0 aliphatic rings. The van der Waals surface area contributed by atoms with Gasteiger partial charge in [-0.1, -0.05) is 33.6 Å². The van der Waals surface area contributed by atoms with Crippen molar-refractivity contribution < 1.29 is 0 Å². The van der Waals surface area contributed by atoms with E-state index in [1.165, 1.54) is 19.3 Å². The number of nitrogens with zero attached hydrogens (tertiary/aromatic N) is 2. The molecule has 0 radical (unpaired) electrons. The molecule has 0 amide bonds. The van der Waals surface area contributed by atoms with Crippen LogP contribution in [-0.4, -0.2) is 16.1 Å². The largest absolute Gasteiger partial charge is 0.337 e. The highest BCUT2D eigenvalue weighted by atomic mass is 15.1. The highest BCUT2D eigenvalue weighted by molar-refractivity contribution is 4.98. The first-order chi connectivity index (χ1) is 7.65. The van der Waals surface area contributed by atoms with Gasteiger partial charge in [-0.05, 0) is 18.9 Å². The fraction of sp³-hybridized carbons (Fsp3) is 0.769. The number of nitrogens with one attached hydrogen (secondary N) is 1. The summed E-state index contributed by atoms with van der Waals surface area (Å²) in [5.41, 5.74) is 0. The Morgan fingerprint density at radius 3 is 2.62 bits per heavy atom. The van der Waals surface area contributed by atoms with Gasteiger partial charge in [-0.3, -0.25) is 0 Å². The first kappa shape index (κ1) is 13.2. The van der Waals surface area contributed by atoms with Crippen LogP contribution in [0.3, 0.4) is 0 Å². The van der Waals surface area contributed by atoms with E-state index in [9.17, 15) is 0 Å². The average molecular weight is 223 g/mol. The van der Waals surface area contributed by atoms with E-state index in [4.69, 9.17) is 0 Å². The molecule has 92 valence electrons. The van der Waals surface area contributed by atoms with Crippen molar-refractivity contribution >= 4 is 0 Å². The lowest BCUT2D eigenvalue weighted by Gasteiger charge is -2.18. The number of hydrogen-bond acceptors (Lipinski definition) is 2. The lowest BCUT2D eigenvalue weighted by atomic mass is 10.0. The molecule has 0 aliphatic heterocycles. The summed E-state index contributed by atoms with van der Waals surface area (Å²) in [5, 5.41) is 3.52. The lowest BCUT2D eigenvalue weighted by molar-refractivity contribution is 0.433. The third kappa shape index (κ3) is 3.97. The Kier molecular flexibility index (Phi) is 5.53. The van der Waals surface area contributed by atoms with E-state index in [-0.39, 0.29) is 0 Å². The number of aromatic nitrogens is 2. The van der Waals surface area contributed by atoms with E-state index >= 15 is 0 Å². The Labute approximate surface area is 99.3 Å². The zero-order valence-electron chi connectivity index (χ0n) is 11.0. The van der Waals surface area contributed by atoms with Crippen LogP contribution in [0.15, 0.2) is 12.4 Å². The monoisotopic (exact) mass is 223 g/mol. The summed E-state index contributed by atoms with van der Waals surface area (Å²) >= 11 is 0. The van der Waals surface area contributed by atoms with E-state index < -0.39 is 0 Å². The van der Waals surface area contributed by atoms with Gasteiger partial charge in [-0.25, -0.2) is 4.98 Å². The van der Waals surface area contributed by atoms with E-state index in [2.05, 4.69) is 42.7 Å². The molecule has 1 unspecified atom stereocenters. The third-order valence-corrected chi connectivity index (χ3v) is 2.89. The average Bonchev–Trinajstić information content (AvgIpc) is 2.63. The van der Waals surface area contributed by atoms with Crippen molar-refractivity contribution in [2.45, 2.75) is 46.1 Å². The molecule has 1 aromatic heterocycles. The van der Waals surface area contributed by atoms with Crippen molar-refractivity contribution in [3.05, 3.63) is 18.2 Å². The van der Waals surface area contributed by atoms with Gasteiger partial charge < -0.3 is 9.88 Å². The number of rotatable bonds is 7. The summed E-state index contributed by atoms with van der Waals surface area (Å²) < 4.78 is 2.11. The zero-order valence-corrected chi connectivity index (χ0v) is 11.0. The van der Waals surface area contributed by atoms with Gasteiger partial charge in [0.1, 0.15) is 5.82 Å². The smallest absolute Gasteiger partial charge is 0.125 e. The second-order valence-corrected chi connectivity index (χ2v) is 4.83. The minimum absolute atomic E-state index is 0.406. The fourth-order valence-electron chi connectivity index (χ4n) is 2.01. The molecule has 1 N–H and O–H groups in total. The number of aryl methyl sites for hydroxylation is 1. The van der Waals surface area contributed by atoms with Crippen LogP contribution >= 0.6 is 0 Å². The summed E-state index contributed by atoms with van der Waals surface area (Å²) in [6.07, 6.45) is 7.63. The van der Waals surface area contributed by atoms with E-state index in [0.29, 0.717) is 6.04 Å². The van der Waals surface area contributed by atoms with Crippen LogP contribution in [0.5, 0.6) is 0 Å². The predicted octanol–water partition coefficient (Wildman–Crippen LogP) is 2.90. The minimum Gasteiger partial charge on any atom is -0.337 e. The van der Waals surface area contributed by atoms with Gasteiger partial charge >= 0.3 is 0 Å². The Morgan fingerprint density at radius 1 is 1.38 bits per heavy atom. The summed E-state index contributed by atoms with van der Waals surface area (Å²) in [6.45, 7) is 7.71. The van der Waals surface area contributed by atoms with E-state index in [1.807, 2.05) is 12.4 Å². The first-order valence-electron chi connectivity index (χ1n) is 6.35. The molecule has 0 spiro atoms. The lowest BCUT2D eigenvalue weighted by Crippen LogP contribution is -2.23. The van der Waals surface area contributed by atoms with Gasteiger partial charge in [0.15, 0.2) is 0 Å². The zero-order chi connectivity index (χ0) is 12.0. The van der Waals surface area contributed by atoms with Gasteiger partial charge in [0.25, 0.3) is 0 Å². The molecular formula is C13H25N3. The topological polar surface area (TPSA) is 29.9 Å². The maximum absolute atomic E-state index is 4.43. The van der Waals surface area contributed by atoms with Crippen molar-refractivity contribution in [2.24, 2.45) is 13.0 Å². The Morgan fingerprint density at radius 2 is 2.12 bits per heavy atom. The molecule has 3 heteroatoms. The van der Waals surface area contributed by atoms with Crippen LogP contribution in [-0.2, 0) is 7.05 Å². The third-order valence-electron chi connectivity index (χ3n) is 2.89. The van der Waals surface area contributed by atoms with Crippen LogP contribution in [0.2, 0.25) is 0 Å². The summed E-state index contributed by atoms with van der Waals surface area (Å²) in [7, 11) is 2.06. The predicted molar refractivity (Wildman–Crippen MR) is 68.3 cm³/mol. The molecule has 1 heterocycles. The summed E-state index contributed by atoms with van der Waals surface area (Å²) in [5.74, 6) is 1.95. The number of hydrogen-bond donors (Lipinski definition) is 1. The Balaban J connectivity index is 2.51. The van der Waals surface area contributed by atoms with Gasteiger partial charge in [0.2, 0.25) is 0 Å². The van der Waals surface area contributed by atoms with Gasteiger partial charge in [0, 0.05) is 19.4 Å². The van der Waals surface area contributed by atoms with Gasteiger partial charge in [-0.2, -0.15) is 0 Å². The minimum atomic E-state index is 0.406. The molecule has 1 atom stereocenters. The number of imidazole rings is 1. The molecule has 16 heavy (non-hydrogen) atoms. The van der Waals surface area contributed by atoms with Crippen LogP contribution in [0, 0.1) is 5.92 Å². The SMILES string of the molecule is CCNC(CCCC(C)C)c1nccn1C. The Hall–Kier alpha value is -0.830. The van der Waals surface area contributed by atoms with Gasteiger partial charge in [-0.15, -0.1) is 0 Å². The van der Waals surface area contributed by atoms with Crippen LogP contribution < -0.4 is 5.32 Å². The second kappa shape index (κ2) is 6.69. The maximum atomic E-state index is 4.43. The summed E-state index contributed by atoms with van der Waals surface area (Å²) in [4.78, 5) is 4.43. The fourth-order valence-corrected chi connectivity index (χ4v) is 2.01. The summed E-state index contributed by atoms with van der Waals surface area (Å²) in [6, 6.07) is 0.406. The van der Waals surface area contributed by atoms with Gasteiger partial charge in [0.05, 0.1) is 6.04 Å². The normalized spacial score (nSPS) is 13.3.